The summed E-state index contributed by atoms with van der Waals surface area (Å²) in [6, 6.07) is 11.4. The van der Waals surface area contributed by atoms with Crippen molar-refractivity contribution in [2.75, 3.05) is 5.32 Å². The normalized spacial score (nSPS) is 20.5. The van der Waals surface area contributed by atoms with Gasteiger partial charge in [-0.25, -0.2) is 0 Å². The lowest BCUT2D eigenvalue weighted by atomic mass is 10.0. The summed E-state index contributed by atoms with van der Waals surface area (Å²) in [5.41, 5.74) is 10.0. The van der Waals surface area contributed by atoms with Crippen LogP contribution in [0.3, 0.4) is 0 Å². The zero-order valence-electron chi connectivity index (χ0n) is 14.7. The Morgan fingerprint density at radius 2 is 1.65 bits per heavy atom. The molecule has 136 valence electrons. The molecule has 1 aliphatic rings. The molecule has 3 rings (SSSR count). The van der Waals surface area contributed by atoms with Crippen LogP contribution < -0.4 is 11.1 Å². The number of benzene rings is 2. The third-order valence-electron chi connectivity index (χ3n) is 5.12. The summed E-state index contributed by atoms with van der Waals surface area (Å²) in [6.45, 7) is 12.5. The van der Waals surface area contributed by atoms with Gasteiger partial charge in [0.1, 0.15) is 0 Å². The maximum Gasteiger partial charge on any atom is 0.0595 e. The molecule has 3 N–H and O–H groups in total. The maximum absolute atomic E-state index is 6.20. The fourth-order valence-electron chi connectivity index (χ4n) is 3.73. The lowest BCUT2D eigenvalue weighted by molar-refractivity contribution is 0.585. The third-order valence-corrected chi connectivity index (χ3v) is 6.19. The number of hydrogen-bond acceptors (Lipinski definition) is 2. The van der Waals surface area contributed by atoms with Crippen molar-refractivity contribution >= 4 is 46.2 Å². The van der Waals surface area contributed by atoms with Crippen LogP contribution >= 0.6 is 34.8 Å². The second-order valence-corrected chi connectivity index (χ2v) is 8.54. The second kappa shape index (κ2) is 6.84. The minimum absolute atomic E-state index is 0.0773. The minimum Gasteiger partial charge on any atom is -0.399 e. The summed E-state index contributed by atoms with van der Waals surface area (Å²) in [6.07, 6.45) is 0. The molecule has 2 nitrogen and oxygen atoms in total. The fourth-order valence-corrected chi connectivity index (χ4v) is 4.27. The van der Waals surface area contributed by atoms with Gasteiger partial charge >= 0.3 is 0 Å². The molecular weight excluding hydrogens is 387 g/mol. The predicted octanol–water partition coefficient (Wildman–Crippen LogP) is 6.94. The molecular formula is C21H21Cl3N2. The van der Waals surface area contributed by atoms with Gasteiger partial charge in [-0.1, -0.05) is 67.9 Å². The molecule has 26 heavy (non-hydrogen) atoms. The molecule has 1 aliphatic carbocycles. The van der Waals surface area contributed by atoms with Crippen molar-refractivity contribution < 1.29 is 0 Å². The van der Waals surface area contributed by atoms with Gasteiger partial charge < -0.3 is 11.1 Å². The molecule has 0 radical (unpaired) electrons. The van der Waals surface area contributed by atoms with Crippen LogP contribution in [0.5, 0.6) is 0 Å². The van der Waals surface area contributed by atoms with E-state index in [1.165, 1.54) is 5.56 Å². The van der Waals surface area contributed by atoms with E-state index >= 15 is 0 Å². The van der Waals surface area contributed by atoms with Gasteiger partial charge in [-0.15, -0.1) is 0 Å². The van der Waals surface area contributed by atoms with Crippen molar-refractivity contribution in [3.8, 4) is 0 Å². The highest BCUT2D eigenvalue weighted by Crippen LogP contribution is 2.67. The molecule has 0 aromatic heterocycles. The number of nitrogens with two attached hydrogens (primary N) is 1. The van der Waals surface area contributed by atoms with Crippen LogP contribution in [0, 0.1) is 11.3 Å². The quantitative estimate of drug-likeness (QED) is 0.563. The number of rotatable bonds is 5. The first-order valence-corrected chi connectivity index (χ1v) is 9.41. The van der Waals surface area contributed by atoms with Gasteiger partial charge in [0.05, 0.1) is 10.0 Å². The van der Waals surface area contributed by atoms with Gasteiger partial charge in [0.2, 0.25) is 0 Å². The van der Waals surface area contributed by atoms with Crippen molar-refractivity contribution in [3.63, 3.8) is 0 Å². The van der Waals surface area contributed by atoms with Gasteiger partial charge in [-0.3, -0.25) is 0 Å². The fraction of sp³-hybridized carbons (Fsp3) is 0.238. The number of allylic oxidation sites excluding steroid dienone is 1. The molecule has 0 aliphatic heterocycles. The molecule has 0 amide bonds. The zero-order chi connectivity index (χ0) is 19.2. The summed E-state index contributed by atoms with van der Waals surface area (Å²) in [5.74, 6) is 0.605. The van der Waals surface area contributed by atoms with Crippen LogP contribution in [0.1, 0.15) is 30.9 Å². The molecule has 1 saturated carbocycles. The summed E-state index contributed by atoms with van der Waals surface area (Å²) in [7, 11) is 0. The monoisotopic (exact) mass is 406 g/mol. The SMILES string of the molecule is C=C(N)c1cc(NC(=C)[C@H]2[C@H](c3ccc(Cl)c(Cl)c3)C2(C)C)ccc1Cl. The molecule has 0 bridgehead atoms. The average molecular weight is 408 g/mol. The van der Waals surface area contributed by atoms with E-state index in [0.29, 0.717) is 26.7 Å². The summed E-state index contributed by atoms with van der Waals surface area (Å²) in [4.78, 5) is 0. The number of halogens is 3. The molecule has 5 heteroatoms. The third kappa shape index (κ3) is 3.46. The van der Waals surface area contributed by atoms with Gasteiger partial charge in [0, 0.05) is 33.6 Å². The van der Waals surface area contributed by atoms with E-state index < -0.39 is 0 Å². The molecule has 0 heterocycles. The molecule has 0 unspecified atom stereocenters. The van der Waals surface area contributed by atoms with E-state index in [1.807, 2.05) is 30.3 Å². The Morgan fingerprint density at radius 3 is 2.27 bits per heavy atom. The Labute approximate surface area is 169 Å². The number of anilines is 1. The molecule has 2 aromatic rings. The van der Waals surface area contributed by atoms with Crippen LogP contribution in [-0.4, -0.2) is 0 Å². The standard InChI is InChI=1S/C21H21Cl3N2/c1-11(25)15-10-14(6-8-16(15)22)26-12(2)19-20(21(19,3)4)13-5-7-17(23)18(24)9-13/h5-10,19-20,26H,1-2,25H2,3-4H3/t19-,20-/m0/s1. The first-order valence-electron chi connectivity index (χ1n) is 8.28. The maximum atomic E-state index is 6.20. The van der Waals surface area contributed by atoms with Crippen LogP contribution in [0.15, 0.2) is 55.3 Å². The van der Waals surface area contributed by atoms with Crippen LogP contribution in [0.25, 0.3) is 5.70 Å². The number of nitrogens with one attached hydrogen (secondary N) is 1. The van der Waals surface area contributed by atoms with Gasteiger partial charge in [0.25, 0.3) is 0 Å². The summed E-state index contributed by atoms with van der Waals surface area (Å²) < 4.78 is 0. The lowest BCUT2D eigenvalue weighted by Crippen LogP contribution is -2.05. The Balaban J connectivity index is 1.81. The highest BCUT2D eigenvalue weighted by Gasteiger charge is 2.59. The van der Waals surface area contributed by atoms with E-state index in [-0.39, 0.29) is 11.3 Å². The molecule has 2 aromatic carbocycles. The molecule has 0 spiro atoms. The van der Waals surface area contributed by atoms with E-state index in [0.717, 1.165) is 16.9 Å². The van der Waals surface area contributed by atoms with Crippen LogP contribution in [0.2, 0.25) is 15.1 Å². The highest BCUT2D eigenvalue weighted by molar-refractivity contribution is 6.42. The Hall–Kier alpha value is -1.61. The lowest BCUT2D eigenvalue weighted by Gasteiger charge is -2.13. The largest absolute Gasteiger partial charge is 0.399 e. The minimum atomic E-state index is 0.0773. The highest BCUT2D eigenvalue weighted by atomic mass is 35.5. The average Bonchev–Trinajstić information content (AvgIpc) is 3.14. The van der Waals surface area contributed by atoms with E-state index in [9.17, 15) is 0 Å². The summed E-state index contributed by atoms with van der Waals surface area (Å²) >= 11 is 18.4. The Bertz CT molecular complexity index is 902. The van der Waals surface area contributed by atoms with Crippen molar-refractivity contribution in [3.05, 3.63) is 81.4 Å². The Kier molecular flexibility index (Phi) is 5.04. The van der Waals surface area contributed by atoms with Gasteiger partial charge in [-0.2, -0.15) is 0 Å². The van der Waals surface area contributed by atoms with Crippen molar-refractivity contribution in [1.29, 1.82) is 0 Å². The topological polar surface area (TPSA) is 38.0 Å². The van der Waals surface area contributed by atoms with E-state index in [2.05, 4.69) is 32.3 Å². The van der Waals surface area contributed by atoms with Crippen molar-refractivity contribution in [2.45, 2.75) is 19.8 Å². The molecule has 0 saturated heterocycles. The Morgan fingerprint density at radius 1 is 1.00 bits per heavy atom. The van der Waals surface area contributed by atoms with Crippen LogP contribution in [0.4, 0.5) is 5.69 Å². The van der Waals surface area contributed by atoms with Crippen molar-refractivity contribution in [2.24, 2.45) is 17.1 Å². The zero-order valence-corrected chi connectivity index (χ0v) is 17.0. The first-order chi connectivity index (χ1) is 12.1. The summed E-state index contributed by atoms with van der Waals surface area (Å²) in [5, 5.41) is 5.12. The van der Waals surface area contributed by atoms with Crippen molar-refractivity contribution in [1.82, 2.24) is 0 Å². The first kappa shape index (κ1) is 19.2. The number of hydrogen-bond donors (Lipinski definition) is 2. The second-order valence-electron chi connectivity index (χ2n) is 7.32. The molecule has 2 atom stereocenters. The predicted molar refractivity (Wildman–Crippen MR) is 114 cm³/mol. The van der Waals surface area contributed by atoms with Gasteiger partial charge in [0.15, 0.2) is 0 Å². The van der Waals surface area contributed by atoms with E-state index in [1.54, 1.807) is 6.07 Å². The molecule has 1 fully saturated rings. The van der Waals surface area contributed by atoms with Crippen LogP contribution in [-0.2, 0) is 0 Å². The smallest absolute Gasteiger partial charge is 0.0595 e. The van der Waals surface area contributed by atoms with Gasteiger partial charge in [-0.05, 0) is 47.2 Å². The van der Waals surface area contributed by atoms with E-state index in [4.69, 9.17) is 40.5 Å².